The van der Waals surface area contributed by atoms with Crippen molar-refractivity contribution in [2.45, 2.75) is 19.1 Å². The molecule has 2 N–H and O–H groups in total. The highest BCUT2D eigenvalue weighted by molar-refractivity contribution is 6.33. The van der Waals surface area contributed by atoms with Crippen LogP contribution in [0.4, 0.5) is 13.2 Å². The van der Waals surface area contributed by atoms with Gasteiger partial charge in [-0.15, -0.1) is 0 Å². The molecular weight excluding hydrogens is 409 g/mol. The minimum atomic E-state index is -4.70. The second-order valence-corrected chi connectivity index (χ2v) is 6.74. The molecule has 0 bridgehead atoms. The largest absolute Gasteiger partial charge is 0.464 e. The third-order valence-corrected chi connectivity index (χ3v) is 4.79. The third-order valence-electron chi connectivity index (χ3n) is 4.42. The molecule has 4 aromatic heterocycles. The molecule has 10 heteroatoms. The van der Waals surface area contributed by atoms with Gasteiger partial charge < -0.3 is 14.7 Å². The van der Waals surface area contributed by atoms with Crippen molar-refractivity contribution in [3.8, 4) is 11.3 Å². The quantitative estimate of drug-likeness (QED) is 0.481. The Morgan fingerprint density at radius 2 is 2.14 bits per heavy atom. The highest BCUT2D eigenvalue weighted by atomic mass is 35.5. The maximum absolute atomic E-state index is 13.6. The topological polar surface area (TPSA) is 75.3 Å². The fourth-order valence-corrected chi connectivity index (χ4v) is 3.26. The average Bonchev–Trinajstić information content (AvgIpc) is 3.42. The molecule has 4 aromatic rings. The van der Waals surface area contributed by atoms with E-state index in [0.717, 1.165) is 16.2 Å². The molecule has 0 aromatic carbocycles. The molecule has 4 rings (SSSR count). The molecular formula is C19H14ClF3N4O2. The molecule has 29 heavy (non-hydrogen) atoms. The Morgan fingerprint density at radius 1 is 1.34 bits per heavy atom. The fraction of sp³-hybridized carbons (Fsp3) is 0.158. The number of amides is 1. The number of aromatic amines is 1. The summed E-state index contributed by atoms with van der Waals surface area (Å²) >= 11 is 6.25. The monoisotopic (exact) mass is 422 g/mol. The number of hydrogen-bond acceptors (Lipinski definition) is 3. The first-order valence-electron chi connectivity index (χ1n) is 8.52. The summed E-state index contributed by atoms with van der Waals surface area (Å²) in [6.07, 6.45) is -0.307. The summed E-state index contributed by atoms with van der Waals surface area (Å²) in [7, 11) is 0. The molecule has 1 unspecified atom stereocenters. The van der Waals surface area contributed by atoms with E-state index in [1.807, 2.05) is 0 Å². The Bertz CT molecular complexity index is 1160. The number of halogens is 4. The fourth-order valence-electron chi connectivity index (χ4n) is 3.00. The number of imidazole rings is 1. The molecule has 0 saturated carbocycles. The normalized spacial score (nSPS) is 13.0. The lowest BCUT2D eigenvalue weighted by molar-refractivity contribution is -0.136. The van der Waals surface area contributed by atoms with Gasteiger partial charge >= 0.3 is 6.18 Å². The first-order chi connectivity index (χ1) is 13.8. The Labute approximate surface area is 167 Å². The van der Waals surface area contributed by atoms with Gasteiger partial charge in [0.05, 0.1) is 17.9 Å². The van der Waals surface area contributed by atoms with Crippen LogP contribution in [0.15, 0.2) is 53.4 Å². The van der Waals surface area contributed by atoms with Crippen LogP contribution < -0.4 is 5.32 Å². The number of hydrogen-bond donors (Lipinski definition) is 2. The average molecular weight is 423 g/mol. The van der Waals surface area contributed by atoms with Crippen molar-refractivity contribution < 1.29 is 22.4 Å². The van der Waals surface area contributed by atoms with Crippen molar-refractivity contribution >= 4 is 23.2 Å². The number of rotatable bonds is 4. The second kappa shape index (κ2) is 7.00. The van der Waals surface area contributed by atoms with Crippen LogP contribution in [-0.4, -0.2) is 20.3 Å². The molecule has 0 radical (unpaired) electrons. The molecule has 6 nitrogen and oxygen atoms in total. The maximum atomic E-state index is 13.6. The number of nitrogens with one attached hydrogen (secondary N) is 2. The molecule has 0 aliphatic heterocycles. The maximum Gasteiger partial charge on any atom is 0.420 e. The molecule has 0 aliphatic rings. The second-order valence-electron chi connectivity index (χ2n) is 6.38. The van der Waals surface area contributed by atoms with Gasteiger partial charge in [-0.05, 0) is 37.3 Å². The predicted octanol–water partition coefficient (Wildman–Crippen LogP) is 5.09. The Morgan fingerprint density at radius 3 is 2.76 bits per heavy atom. The number of fused-ring (bicyclic) bond motifs is 1. The molecule has 0 fully saturated rings. The zero-order chi connectivity index (χ0) is 20.8. The molecule has 150 valence electrons. The number of pyridine rings is 1. The van der Waals surface area contributed by atoms with Crippen LogP contribution in [0, 0.1) is 0 Å². The molecule has 0 saturated heterocycles. The molecule has 0 spiro atoms. The van der Waals surface area contributed by atoms with Crippen LogP contribution >= 0.6 is 11.6 Å². The van der Waals surface area contributed by atoms with Crippen LogP contribution in [0.3, 0.4) is 0 Å². The smallest absolute Gasteiger partial charge is 0.420 e. The van der Waals surface area contributed by atoms with Crippen molar-refractivity contribution in [2.24, 2.45) is 0 Å². The summed E-state index contributed by atoms with van der Waals surface area (Å²) < 4.78 is 47.2. The summed E-state index contributed by atoms with van der Waals surface area (Å²) in [5.74, 6) is -0.456. The van der Waals surface area contributed by atoms with Crippen LogP contribution in [0.1, 0.15) is 34.7 Å². The SMILES string of the molecule is CC(NC(=O)c1nc2c(C(F)(F)F)cc(-c3ccco3)cn2c1Cl)c1ccc[nH]1. The van der Waals surface area contributed by atoms with Crippen LogP contribution in [0.5, 0.6) is 0 Å². The highest BCUT2D eigenvalue weighted by Crippen LogP contribution is 2.37. The number of H-pyrrole nitrogens is 1. The van der Waals surface area contributed by atoms with Gasteiger partial charge in [0.1, 0.15) is 10.9 Å². The Balaban J connectivity index is 1.80. The summed E-state index contributed by atoms with van der Waals surface area (Å²) in [4.78, 5) is 19.5. The van der Waals surface area contributed by atoms with Crippen LogP contribution in [-0.2, 0) is 6.18 Å². The van der Waals surface area contributed by atoms with Gasteiger partial charge in [-0.25, -0.2) is 4.98 Å². The van der Waals surface area contributed by atoms with E-state index in [-0.39, 0.29) is 22.2 Å². The number of aromatic nitrogens is 3. The van der Waals surface area contributed by atoms with Gasteiger partial charge in [0.2, 0.25) is 0 Å². The van der Waals surface area contributed by atoms with E-state index in [0.29, 0.717) is 0 Å². The first-order valence-corrected chi connectivity index (χ1v) is 8.90. The minimum absolute atomic E-state index is 0.154. The molecule has 0 aliphatic carbocycles. The number of nitrogens with zero attached hydrogens (tertiary/aromatic N) is 2. The van der Waals surface area contributed by atoms with E-state index in [2.05, 4.69) is 15.3 Å². The number of carbonyl (C=O) groups is 1. The summed E-state index contributed by atoms with van der Waals surface area (Å²) in [6, 6.07) is 7.12. The number of carbonyl (C=O) groups excluding carboxylic acids is 1. The van der Waals surface area contributed by atoms with Crippen molar-refractivity contribution in [1.82, 2.24) is 19.7 Å². The van der Waals surface area contributed by atoms with E-state index in [1.54, 1.807) is 31.3 Å². The molecule has 1 atom stereocenters. The van der Waals surface area contributed by atoms with Crippen molar-refractivity contribution in [1.29, 1.82) is 0 Å². The standard InChI is InChI=1S/C19H14ClF3N4O2/c1-10(13-4-2-6-24-13)25-18(28)15-16(20)27-9-11(14-5-3-7-29-14)8-12(17(27)26-15)19(21,22)23/h2-10,24H,1H3,(H,25,28). The van der Waals surface area contributed by atoms with E-state index in [4.69, 9.17) is 16.0 Å². The first kappa shape index (κ1) is 19.1. The van der Waals surface area contributed by atoms with Gasteiger partial charge in [0.25, 0.3) is 5.91 Å². The third kappa shape index (κ3) is 3.49. The lowest BCUT2D eigenvalue weighted by Gasteiger charge is -2.11. The van der Waals surface area contributed by atoms with E-state index in [1.165, 1.54) is 18.5 Å². The van der Waals surface area contributed by atoms with E-state index >= 15 is 0 Å². The minimum Gasteiger partial charge on any atom is -0.464 e. The van der Waals surface area contributed by atoms with Gasteiger partial charge in [-0.2, -0.15) is 13.2 Å². The van der Waals surface area contributed by atoms with Gasteiger partial charge in [0, 0.05) is 23.7 Å². The predicted molar refractivity (Wildman–Crippen MR) is 99.6 cm³/mol. The highest BCUT2D eigenvalue weighted by Gasteiger charge is 2.36. The Hall–Kier alpha value is -3.20. The van der Waals surface area contributed by atoms with Gasteiger partial charge in [-0.3, -0.25) is 9.20 Å². The van der Waals surface area contributed by atoms with Crippen LogP contribution in [0.25, 0.3) is 17.0 Å². The summed E-state index contributed by atoms with van der Waals surface area (Å²) in [5, 5.41) is 2.44. The van der Waals surface area contributed by atoms with Crippen molar-refractivity contribution in [3.63, 3.8) is 0 Å². The lowest BCUT2D eigenvalue weighted by Crippen LogP contribution is -2.27. The molecule has 4 heterocycles. The number of alkyl halides is 3. The summed E-state index contributed by atoms with van der Waals surface area (Å²) in [5.41, 5.74) is -0.900. The zero-order valence-corrected chi connectivity index (χ0v) is 15.7. The van der Waals surface area contributed by atoms with Crippen LogP contribution in [0.2, 0.25) is 5.15 Å². The van der Waals surface area contributed by atoms with E-state index in [9.17, 15) is 18.0 Å². The number of furan rings is 1. The van der Waals surface area contributed by atoms with Crippen molar-refractivity contribution in [2.75, 3.05) is 0 Å². The summed E-state index contributed by atoms with van der Waals surface area (Å²) in [6.45, 7) is 1.73. The zero-order valence-electron chi connectivity index (χ0n) is 14.9. The lowest BCUT2D eigenvalue weighted by atomic mass is 10.1. The van der Waals surface area contributed by atoms with E-state index < -0.39 is 29.3 Å². The van der Waals surface area contributed by atoms with Crippen molar-refractivity contribution in [3.05, 3.63) is 71.1 Å². The molecule has 1 amide bonds. The van der Waals surface area contributed by atoms with Gasteiger partial charge in [0.15, 0.2) is 11.3 Å². The Kier molecular flexibility index (Phi) is 4.62. The van der Waals surface area contributed by atoms with Gasteiger partial charge in [-0.1, -0.05) is 11.6 Å².